The van der Waals surface area contributed by atoms with Crippen LogP contribution in [0.25, 0.3) is 0 Å². The van der Waals surface area contributed by atoms with Crippen LogP contribution in [-0.2, 0) is 0 Å². The summed E-state index contributed by atoms with van der Waals surface area (Å²) in [5.74, 6) is 2.12. The number of hydrogen-bond donors (Lipinski definition) is 1. The highest BCUT2D eigenvalue weighted by molar-refractivity contribution is 5.42. The Morgan fingerprint density at radius 1 is 1.00 bits per heavy atom. The van der Waals surface area contributed by atoms with Gasteiger partial charge >= 0.3 is 0 Å². The van der Waals surface area contributed by atoms with Crippen LogP contribution in [-0.4, -0.2) is 12.1 Å². The van der Waals surface area contributed by atoms with Crippen LogP contribution in [0.1, 0.15) is 0 Å². The number of anilines is 1. The van der Waals surface area contributed by atoms with Gasteiger partial charge in [-0.25, -0.2) is 0 Å². The summed E-state index contributed by atoms with van der Waals surface area (Å²) in [4.78, 5) is 3.94. The van der Waals surface area contributed by atoms with E-state index in [0.29, 0.717) is 17.2 Å². The molecule has 16 heavy (non-hydrogen) atoms. The van der Waals surface area contributed by atoms with Gasteiger partial charge in [-0.1, -0.05) is 0 Å². The lowest BCUT2D eigenvalue weighted by molar-refractivity contribution is 0.413. The molecule has 0 saturated carbocycles. The smallest absolute Gasteiger partial charge is 0.147 e. The third kappa shape index (κ3) is 2.42. The van der Waals surface area contributed by atoms with E-state index in [2.05, 4.69) is 4.98 Å². The van der Waals surface area contributed by atoms with E-state index in [0.717, 1.165) is 5.75 Å². The number of methoxy groups -OCH3 is 1. The van der Waals surface area contributed by atoms with Gasteiger partial charge in [0.05, 0.1) is 25.2 Å². The second-order valence-corrected chi connectivity index (χ2v) is 3.23. The fourth-order valence-corrected chi connectivity index (χ4v) is 1.27. The number of nitrogens with zero attached hydrogens (tertiary/aromatic N) is 1. The Morgan fingerprint density at radius 2 is 1.69 bits per heavy atom. The average Bonchev–Trinajstić information content (AvgIpc) is 2.30. The summed E-state index contributed by atoms with van der Waals surface area (Å²) in [6.45, 7) is 0. The van der Waals surface area contributed by atoms with Crippen molar-refractivity contribution in [1.29, 1.82) is 0 Å². The lowest BCUT2D eigenvalue weighted by Gasteiger charge is -2.06. The minimum Gasteiger partial charge on any atom is -0.497 e. The van der Waals surface area contributed by atoms with Gasteiger partial charge in [-0.3, -0.25) is 4.98 Å². The van der Waals surface area contributed by atoms with Gasteiger partial charge in [-0.2, -0.15) is 0 Å². The number of aromatic nitrogens is 1. The third-order valence-corrected chi connectivity index (χ3v) is 2.03. The largest absolute Gasteiger partial charge is 0.497 e. The zero-order valence-corrected chi connectivity index (χ0v) is 8.88. The second-order valence-electron chi connectivity index (χ2n) is 3.23. The Hall–Kier alpha value is -2.23. The molecule has 0 saturated heterocycles. The van der Waals surface area contributed by atoms with Crippen LogP contribution in [0.3, 0.4) is 0 Å². The van der Waals surface area contributed by atoms with Gasteiger partial charge in [0.2, 0.25) is 0 Å². The van der Waals surface area contributed by atoms with Crippen molar-refractivity contribution in [2.24, 2.45) is 0 Å². The minimum absolute atomic E-state index is 0.575. The summed E-state index contributed by atoms with van der Waals surface area (Å²) in [6, 6.07) is 9.02. The molecule has 0 unspecified atom stereocenters. The first-order chi connectivity index (χ1) is 7.78. The summed E-state index contributed by atoms with van der Waals surface area (Å²) < 4.78 is 10.6. The van der Waals surface area contributed by atoms with Crippen molar-refractivity contribution in [1.82, 2.24) is 4.98 Å². The summed E-state index contributed by atoms with van der Waals surface area (Å²) in [5, 5.41) is 0. The Bertz CT molecular complexity index is 469. The first kappa shape index (κ1) is 10.3. The van der Waals surface area contributed by atoms with Crippen LogP contribution in [0.4, 0.5) is 5.69 Å². The lowest BCUT2D eigenvalue weighted by atomic mass is 10.3. The maximum Gasteiger partial charge on any atom is 0.147 e. The zero-order valence-electron chi connectivity index (χ0n) is 8.88. The normalized spacial score (nSPS) is 9.81. The Kier molecular flexibility index (Phi) is 2.91. The summed E-state index contributed by atoms with van der Waals surface area (Å²) in [6.07, 6.45) is 3.18. The van der Waals surface area contributed by atoms with Crippen molar-refractivity contribution >= 4 is 5.69 Å². The average molecular weight is 216 g/mol. The van der Waals surface area contributed by atoms with Gasteiger partial charge < -0.3 is 15.2 Å². The van der Waals surface area contributed by atoms with Crippen molar-refractivity contribution in [3.8, 4) is 17.2 Å². The van der Waals surface area contributed by atoms with E-state index in [1.165, 1.54) is 0 Å². The molecule has 2 aromatic rings. The van der Waals surface area contributed by atoms with E-state index in [4.69, 9.17) is 15.2 Å². The van der Waals surface area contributed by atoms with Crippen LogP contribution < -0.4 is 15.2 Å². The van der Waals surface area contributed by atoms with Crippen LogP contribution in [0.15, 0.2) is 42.7 Å². The molecule has 1 aromatic heterocycles. The molecule has 0 fully saturated rings. The Morgan fingerprint density at radius 3 is 2.31 bits per heavy atom. The molecular weight excluding hydrogens is 204 g/mol. The van der Waals surface area contributed by atoms with E-state index in [9.17, 15) is 0 Å². The number of hydrogen-bond acceptors (Lipinski definition) is 4. The van der Waals surface area contributed by atoms with Crippen molar-refractivity contribution < 1.29 is 9.47 Å². The monoisotopic (exact) mass is 216 g/mol. The van der Waals surface area contributed by atoms with Crippen molar-refractivity contribution in [2.75, 3.05) is 12.8 Å². The molecule has 0 radical (unpaired) electrons. The fourth-order valence-electron chi connectivity index (χ4n) is 1.27. The van der Waals surface area contributed by atoms with Gasteiger partial charge in [-0.05, 0) is 24.3 Å². The number of nitrogens with two attached hydrogens (primary N) is 1. The van der Waals surface area contributed by atoms with Gasteiger partial charge in [0.1, 0.15) is 17.2 Å². The van der Waals surface area contributed by atoms with Crippen LogP contribution in [0, 0.1) is 0 Å². The fraction of sp³-hybridized carbons (Fsp3) is 0.0833. The number of benzene rings is 1. The molecule has 0 aliphatic heterocycles. The molecule has 1 heterocycles. The predicted octanol–water partition coefficient (Wildman–Crippen LogP) is 2.46. The van der Waals surface area contributed by atoms with Gasteiger partial charge in [0.15, 0.2) is 0 Å². The van der Waals surface area contributed by atoms with Crippen molar-refractivity contribution in [3.63, 3.8) is 0 Å². The maximum absolute atomic E-state index is 5.60. The highest BCUT2D eigenvalue weighted by Crippen LogP contribution is 2.23. The predicted molar refractivity (Wildman–Crippen MR) is 61.7 cm³/mol. The lowest BCUT2D eigenvalue weighted by Crippen LogP contribution is -1.89. The Balaban J connectivity index is 2.14. The molecule has 0 spiro atoms. The molecule has 4 heteroatoms. The zero-order chi connectivity index (χ0) is 11.4. The Labute approximate surface area is 93.6 Å². The number of ether oxygens (including phenoxy) is 2. The topological polar surface area (TPSA) is 57.4 Å². The molecule has 0 atom stereocenters. The third-order valence-electron chi connectivity index (χ3n) is 2.03. The molecule has 1 aromatic carbocycles. The number of nitrogen functional groups attached to an aromatic ring is 1. The van der Waals surface area contributed by atoms with E-state index in [1.807, 2.05) is 24.3 Å². The first-order valence-corrected chi connectivity index (χ1v) is 4.80. The van der Waals surface area contributed by atoms with E-state index < -0.39 is 0 Å². The highest BCUT2D eigenvalue weighted by atomic mass is 16.5. The summed E-state index contributed by atoms with van der Waals surface area (Å²) in [5.41, 5.74) is 6.17. The van der Waals surface area contributed by atoms with E-state index in [1.54, 1.807) is 25.6 Å². The molecular formula is C12H12N2O2. The van der Waals surface area contributed by atoms with Gasteiger partial charge in [0.25, 0.3) is 0 Å². The molecule has 0 aliphatic carbocycles. The highest BCUT2D eigenvalue weighted by Gasteiger charge is 1.98. The molecule has 82 valence electrons. The molecule has 4 nitrogen and oxygen atoms in total. The van der Waals surface area contributed by atoms with Crippen LogP contribution in [0.5, 0.6) is 17.2 Å². The minimum atomic E-state index is 0.575. The molecule has 0 aliphatic rings. The van der Waals surface area contributed by atoms with Gasteiger partial charge in [-0.15, -0.1) is 0 Å². The molecule has 2 N–H and O–H groups in total. The maximum atomic E-state index is 5.60. The standard InChI is InChI=1S/C12H12N2O2/c1-15-10-2-4-11(5-3-10)16-12-6-9(13)7-14-8-12/h2-8H,13H2,1H3. The molecule has 2 rings (SSSR count). The van der Waals surface area contributed by atoms with Gasteiger partial charge in [0, 0.05) is 6.07 Å². The van der Waals surface area contributed by atoms with Crippen molar-refractivity contribution in [2.45, 2.75) is 0 Å². The SMILES string of the molecule is COc1ccc(Oc2cncc(N)c2)cc1. The van der Waals surface area contributed by atoms with Crippen LogP contribution in [0.2, 0.25) is 0 Å². The quantitative estimate of drug-likeness (QED) is 0.856. The molecule has 0 amide bonds. The number of rotatable bonds is 3. The summed E-state index contributed by atoms with van der Waals surface area (Å²) >= 11 is 0. The van der Waals surface area contributed by atoms with E-state index in [-0.39, 0.29) is 0 Å². The van der Waals surface area contributed by atoms with Crippen molar-refractivity contribution in [3.05, 3.63) is 42.7 Å². The van der Waals surface area contributed by atoms with Crippen LogP contribution >= 0.6 is 0 Å². The first-order valence-electron chi connectivity index (χ1n) is 4.80. The number of pyridine rings is 1. The second kappa shape index (κ2) is 4.53. The summed E-state index contributed by atoms with van der Waals surface area (Å²) in [7, 11) is 1.62. The molecule has 0 bridgehead atoms. The van der Waals surface area contributed by atoms with E-state index >= 15 is 0 Å².